The van der Waals surface area contributed by atoms with E-state index in [9.17, 15) is 37.8 Å². The zero-order valence-corrected chi connectivity index (χ0v) is 15.9. The Bertz CT molecular complexity index is 872. The fraction of sp³-hybridized carbons (Fsp3) is 0.562. The second-order valence-corrected chi connectivity index (χ2v) is 7.25. The van der Waals surface area contributed by atoms with Crippen molar-refractivity contribution < 1.29 is 47.7 Å². The Morgan fingerprint density at radius 3 is 1.93 bits per heavy atom. The molecule has 30 heavy (non-hydrogen) atoms. The van der Waals surface area contributed by atoms with Crippen LogP contribution in [0.3, 0.4) is 0 Å². The third-order valence-corrected chi connectivity index (χ3v) is 5.10. The Hall–Kier alpha value is -3.16. The Kier molecular flexibility index (Phi) is 5.85. The standard InChI is InChI=1S/C14H18N4O5.C2HF3O2/c1-8-9(3-17(2)16-8)15-10(19)4-18-6-13(11(20)21)5-14(13,7-18)12(22)23;3-2(4,5)1(6)7/h3H,4-7H2,1-2H3,(H,15,19)(H,20,21)(H,22,23);(H,6,7)/t13-,14+;. The lowest BCUT2D eigenvalue weighted by Crippen LogP contribution is -2.36. The molecule has 1 aliphatic heterocycles. The van der Waals surface area contributed by atoms with E-state index in [4.69, 9.17) is 9.90 Å². The van der Waals surface area contributed by atoms with Crippen molar-refractivity contribution in [1.82, 2.24) is 14.7 Å². The number of hydrogen-bond acceptors (Lipinski definition) is 6. The molecule has 1 saturated heterocycles. The first-order valence-corrected chi connectivity index (χ1v) is 8.44. The molecule has 1 aliphatic carbocycles. The van der Waals surface area contributed by atoms with Gasteiger partial charge in [-0.1, -0.05) is 0 Å². The summed E-state index contributed by atoms with van der Waals surface area (Å²) in [5.41, 5.74) is -1.26. The van der Waals surface area contributed by atoms with Crippen LogP contribution in [0.15, 0.2) is 6.20 Å². The number of aliphatic carboxylic acids is 3. The molecule has 0 radical (unpaired) electrons. The van der Waals surface area contributed by atoms with Crippen LogP contribution < -0.4 is 5.32 Å². The summed E-state index contributed by atoms with van der Waals surface area (Å²) < 4.78 is 33.3. The minimum absolute atomic E-state index is 0.0433. The normalized spacial score (nSPS) is 25.0. The largest absolute Gasteiger partial charge is 0.490 e. The zero-order chi connectivity index (χ0) is 23.1. The van der Waals surface area contributed by atoms with Gasteiger partial charge >= 0.3 is 24.1 Å². The molecule has 0 aromatic carbocycles. The number of likely N-dealkylation sites (tertiary alicyclic amines) is 1. The maximum atomic E-state index is 12.1. The van der Waals surface area contributed by atoms with Crippen molar-refractivity contribution in [2.45, 2.75) is 19.5 Å². The number of carboxylic acid groups (broad SMARTS) is 3. The van der Waals surface area contributed by atoms with E-state index in [1.807, 2.05) is 0 Å². The summed E-state index contributed by atoms with van der Waals surface area (Å²) in [6, 6.07) is 0. The third kappa shape index (κ3) is 4.22. The van der Waals surface area contributed by atoms with E-state index in [1.165, 1.54) is 0 Å². The van der Waals surface area contributed by atoms with Crippen molar-refractivity contribution in [3.8, 4) is 0 Å². The number of rotatable bonds is 5. The minimum atomic E-state index is -5.08. The molecule has 14 heteroatoms. The van der Waals surface area contributed by atoms with E-state index in [-0.39, 0.29) is 32.0 Å². The number of amides is 1. The maximum absolute atomic E-state index is 12.1. The fourth-order valence-corrected chi connectivity index (χ4v) is 3.63. The van der Waals surface area contributed by atoms with Gasteiger partial charge in [0.05, 0.1) is 28.8 Å². The Morgan fingerprint density at radius 2 is 1.60 bits per heavy atom. The second kappa shape index (κ2) is 7.59. The van der Waals surface area contributed by atoms with Gasteiger partial charge in [-0.3, -0.25) is 24.0 Å². The smallest absolute Gasteiger partial charge is 0.481 e. The van der Waals surface area contributed by atoms with Crippen LogP contribution in [0.2, 0.25) is 0 Å². The lowest BCUT2D eigenvalue weighted by Gasteiger charge is -2.18. The molecule has 2 atom stereocenters. The highest BCUT2D eigenvalue weighted by Gasteiger charge is 2.80. The number of hydrogen-bond donors (Lipinski definition) is 4. The van der Waals surface area contributed by atoms with Crippen LogP contribution in [-0.2, 0) is 26.2 Å². The SMILES string of the molecule is Cc1nn(C)cc1NC(=O)CN1C[C@@]2(C(=O)O)C[C@@]2(C(=O)O)C1.O=C(O)C(F)(F)F. The van der Waals surface area contributed by atoms with Gasteiger partial charge in [0.2, 0.25) is 5.91 Å². The lowest BCUT2D eigenvalue weighted by molar-refractivity contribution is -0.192. The van der Waals surface area contributed by atoms with Gasteiger partial charge < -0.3 is 20.6 Å². The van der Waals surface area contributed by atoms with Crippen molar-refractivity contribution in [2.75, 3.05) is 25.0 Å². The topological polar surface area (TPSA) is 162 Å². The number of alkyl halides is 3. The van der Waals surface area contributed by atoms with Gasteiger partial charge in [-0.2, -0.15) is 18.3 Å². The molecule has 4 N–H and O–H groups in total. The third-order valence-electron chi connectivity index (χ3n) is 5.10. The van der Waals surface area contributed by atoms with Gasteiger partial charge in [0.25, 0.3) is 0 Å². The molecule has 11 nitrogen and oxygen atoms in total. The summed E-state index contributed by atoms with van der Waals surface area (Å²) in [6.07, 6.45) is -3.28. The second-order valence-electron chi connectivity index (χ2n) is 7.25. The first kappa shape index (κ1) is 23.1. The van der Waals surface area contributed by atoms with E-state index in [2.05, 4.69) is 10.4 Å². The number of carboxylic acids is 3. The van der Waals surface area contributed by atoms with E-state index in [1.54, 1.807) is 29.7 Å². The summed E-state index contributed by atoms with van der Waals surface area (Å²) in [5.74, 6) is -5.28. The number of halogens is 3. The molecule has 1 aromatic rings. The number of nitrogens with zero attached hydrogens (tertiary/aromatic N) is 3. The number of carbonyl (C=O) groups excluding carboxylic acids is 1. The van der Waals surface area contributed by atoms with Crippen LogP contribution in [0.1, 0.15) is 12.1 Å². The molecule has 166 valence electrons. The molecule has 2 aliphatic rings. The van der Waals surface area contributed by atoms with Crippen LogP contribution in [-0.4, -0.2) is 79.6 Å². The van der Waals surface area contributed by atoms with Crippen molar-refractivity contribution in [1.29, 1.82) is 0 Å². The summed E-state index contributed by atoms with van der Waals surface area (Å²) in [7, 11) is 1.74. The predicted molar refractivity (Wildman–Crippen MR) is 91.5 cm³/mol. The van der Waals surface area contributed by atoms with Crippen LogP contribution in [0.4, 0.5) is 18.9 Å². The molecule has 2 heterocycles. The Labute approximate surface area is 167 Å². The molecule has 1 saturated carbocycles. The van der Waals surface area contributed by atoms with Gasteiger partial charge in [0.1, 0.15) is 0 Å². The van der Waals surface area contributed by atoms with Crippen molar-refractivity contribution in [3.63, 3.8) is 0 Å². The van der Waals surface area contributed by atoms with E-state index in [0.29, 0.717) is 11.4 Å². The number of aryl methyl sites for hydroxylation is 2. The minimum Gasteiger partial charge on any atom is -0.481 e. The summed E-state index contributed by atoms with van der Waals surface area (Å²) in [6.45, 7) is 1.88. The average Bonchev–Trinajstić information content (AvgIpc) is 2.96. The molecule has 2 fully saturated rings. The highest BCUT2D eigenvalue weighted by Crippen LogP contribution is 2.68. The van der Waals surface area contributed by atoms with Crippen LogP contribution in [0.25, 0.3) is 0 Å². The average molecular weight is 436 g/mol. The molecular formula is C16H19F3N4O7. The van der Waals surface area contributed by atoms with Gasteiger partial charge in [0, 0.05) is 26.3 Å². The number of aromatic nitrogens is 2. The van der Waals surface area contributed by atoms with Crippen molar-refractivity contribution in [3.05, 3.63) is 11.9 Å². The van der Waals surface area contributed by atoms with Gasteiger partial charge in [-0.05, 0) is 13.3 Å². The summed E-state index contributed by atoms with van der Waals surface area (Å²) >= 11 is 0. The fourth-order valence-electron chi connectivity index (χ4n) is 3.63. The molecule has 1 aromatic heterocycles. The highest BCUT2D eigenvalue weighted by atomic mass is 19.4. The highest BCUT2D eigenvalue weighted by molar-refractivity contribution is 5.96. The number of piperidine rings is 1. The number of carbonyl (C=O) groups is 4. The molecule has 0 unspecified atom stereocenters. The van der Waals surface area contributed by atoms with E-state index in [0.717, 1.165) is 0 Å². The Morgan fingerprint density at radius 1 is 1.13 bits per heavy atom. The van der Waals surface area contributed by atoms with Crippen LogP contribution in [0.5, 0.6) is 0 Å². The van der Waals surface area contributed by atoms with Crippen molar-refractivity contribution in [2.24, 2.45) is 17.9 Å². The Balaban J connectivity index is 0.000000396. The number of anilines is 1. The summed E-state index contributed by atoms with van der Waals surface area (Å²) in [5, 5.41) is 32.7. The summed E-state index contributed by atoms with van der Waals surface area (Å²) in [4.78, 5) is 45.5. The first-order valence-electron chi connectivity index (χ1n) is 8.44. The van der Waals surface area contributed by atoms with E-state index < -0.39 is 34.9 Å². The van der Waals surface area contributed by atoms with Crippen molar-refractivity contribution >= 4 is 29.5 Å². The number of nitrogens with one attached hydrogen (secondary N) is 1. The lowest BCUT2D eigenvalue weighted by atomic mass is 9.97. The van der Waals surface area contributed by atoms with E-state index >= 15 is 0 Å². The quantitative estimate of drug-likeness (QED) is 0.504. The molecule has 1 amide bonds. The number of fused-ring (bicyclic) bond motifs is 1. The molecule has 3 rings (SSSR count). The maximum Gasteiger partial charge on any atom is 0.490 e. The van der Waals surface area contributed by atoms with Gasteiger partial charge in [-0.15, -0.1) is 0 Å². The predicted octanol–water partition coefficient (Wildman–Crippen LogP) is 0.162. The molecular weight excluding hydrogens is 417 g/mol. The first-order chi connectivity index (χ1) is 13.6. The monoisotopic (exact) mass is 436 g/mol. The molecule has 0 spiro atoms. The zero-order valence-electron chi connectivity index (χ0n) is 15.9. The molecule has 0 bridgehead atoms. The van der Waals surface area contributed by atoms with Gasteiger partial charge in [-0.25, -0.2) is 4.79 Å². The van der Waals surface area contributed by atoms with Crippen LogP contribution >= 0.6 is 0 Å². The van der Waals surface area contributed by atoms with Crippen LogP contribution in [0, 0.1) is 17.8 Å². The van der Waals surface area contributed by atoms with Gasteiger partial charge in [0.15, 0.2) is 0 Å².